The molecule has 0 aliphatic rings. The minimum absolute atomic E-state index is 0.127. The van der Waals surface area contributed by atoms with Gasteiger partial charge in [0.15, 0.2) is 0 Å². The van der Waals surface area contributed by atoms with Crippen molar-refractivity contribution in [2.75, 3.05) is 5.32 Å². The first-order chi connectivity index (χ1) is 10.2. The number of nitrogens with zero attached hydrogens (tertiary/aromatic N) is 3. The van der Waals surface area contributed by atoms with E-state index < -0.39 is 5.82 Å². The SMILES string of the molecule is Fc1cc(CNc2ccccc2-n2cncn2)ccc1Cl. The summed E-state index contributed by atoms with van der Waals surface area (Å²) in [7, 11) is 0. The minimum atomic E-state index is -0.416. The van der Waals surface area contributed by atoms with Crippen LogP contribution in [-0.4, -0.2) is 14.8 Å². The summed E-state index contributed by atoms with van der Waals surface area (Å²) in [6.07, 6.45) is 3.10. The predicted molar refractivity (Wildman–Crippen MR) is 80.1 cm³/mol. The number of nitrogens with one attached hydrogen (secondary N) is 1. The molecule has 4 nitrogen and oxygen atoms in total. The Bertz CT molecular complexity index is 743. The largest absolute Gasteiger partial charge is 0.379 e. The Balaban J connectivity index is 1.81. The van der Waals surface area contributed by atoms with Crippen molar-refractivity contribution < 1.29 is 4.39 Å². The summed E-state index contributed by atoms with van der Waals surface area (Å²) in [6, 6.07) is 12.5. The molecule has 0 spiro atoms. The zero-order valence-corrected chi connectivity index (χ0v) is 11.8. The molecule has 0 saturated carbocycles. The fraction of sp³-hybridized carbons (Fsp3) is 0.0667. The Hall–Kier alpha value is -2.40. The molecule has 3 aromatic rings. The van der Waals surface area contributed by atoms with E-state index in [1.54, 1.807) is 23.1 Å². The second-order valence-corrected chi connectivity index (χ2v) is 4.87. The third kappa shape index (κ3) is 3.03. The van der Waals surface area contributed by atoms with Crippen LogP contribution in [0.25, 0.3) is 5.69 Å². The monoisotopic (exact) mass is 302 g/mol. The average Bonchev–Trinajstić information content (AvgIpc) is 3.03. The summed E-state index contributed by atoms with van der Waals surface area (Å²) in [5, 5.41) is 7.51. The number of aromatic nitrogens is 3. The van der Waals surface area contributed by atoms with Crippen LogP contribution in [0.15, 0.2) is 55.1 Å². The molecule has 0 atom stereocenters. The number of hydrogen-bond donors (Lipinski definition) is 1. The average molecular weight is 303 g/mol. The van der Waals surface area contributed by atoms with Crippen molar-refractivity contribution in [1.82, 2.24) is 14.8 Å². The van der Waals surface area contributed by atoms with Crippen molar-refractivity contribution >= 4 is 17.3 Å². The highest BCUT2D eigenvalue weighted by molar-refractivity contribution is 6.30. The van der Waals surface area contributed by atoms with Gasteiger partial charge in [0.05, 0.1) is 16.4 Å². The molecule has 1 aromatic heterocycles. The van der Waals surface area contributed by atoms with Crippen LogP contribution in [0.4, 0.5) is 10.1 Å². The van der Waals surface area contributed by atoms with E-state index in [0.717, 1.165) is 16.9 Å². The highest BCUT2D eigenvalue weighted by Gasteiger charge is 2.05. The zero-order valence-electron chi connectivity index (χ0n) is 11.0. The fourth-order valence-electron chi connectivity index (χ4n) is 2.00. The van der Waals surface area contributed by atoms with Crippen LogP contribution in [0.5, 0.6) is 0 Å². The van der Waals surface area contributed by atoms with Gasteiger partial charge in [0.1, 0.15) is 18.5 Å². The molecule has 21 heavy (non-hydrogen) atoms. The van der Waals surface area contributed by atoms with Crippen LogP contribution in [0.1, 0.15) is 5.56 Å². The summed E-state index contributed by atoms with van der Waals surface area (Å²) < 4.78 is 15.1. The number of halogens is 2. The Morgan fingerprint density at radius 2 is 2.05 bits per heavy atom. The first-order valence-corrected chi connectivity index (χ1v) is 6.73. The molecule has 0 bridgehead atoms. The maximum atomic E-state index is 13.4. The lowest BCUT2D eigenvalue weighted by Crippen LogP contribution is -2.05. The van der Waals surface area contributed by atoms with Gasteiger partial charge in [-0.1, -0.05) is 29.8 Å². The van der Waals surface area contributed by atoms with Gasteiger partial charge in [-0.15, -0.1) is 0 Å². The Labute approximate surface area is 126 Å². The smallest absolute Gasteiger partial charge is 0.142 e. The van der Waals surface area contributed by atoms with Gasteiger partial charge < -0.3 is 5.32 Å². The van der Waals surface area contributed by atoms with Gasteiger partial charge in [-0.25, -0.2) is 14.1 Å². The molecule has 1 N–H and O–H groups in total. The number of anilines is 1. The van der Waals surface area contributed by atoms with E-state index in [4.69, 9.17) is 11.6 Å². The summed E-state index contributed by atoms with van der Waals surface area (Å²) in [5.41, 5.74) is 2.58. The van der Waals surface area contributed by atoms with Crippen molar-refractivity contribution in [2.24, 2.45) is 0 Å². The van der Waals surface area contributed by atoms with Gasteiger partial charge >= 0.3 is 0 Å². The molecule has 0 aliphatic heterocycles. The van der Waals surface area contributed by atoms with E-state index in [9.17, 15) is 4.39 Å². The third-order valence-corrected chi connectivity index (χ3v) is 3.34. The van der Waals surface area contributed by atoms with Crippen molar-refractivity contribution in [3.05, 3.63) is 71.5 Å². The van der Waals surface area contributed by atoms with Gasteiger partial charge in [-0.05, 0) is 29.8 Å². The minimum Gasteiger partial charge on any atom is -0.379 e. The molecule has 0 radical (unpaired) electrons. The summed E-state index contributed by atoms with van der Waals surface area (Å²) in [4.78, 5) is 3.94. The molecular formula is C15H12ClFN4. The molecule has 1 heterocycles. The molecule has 6 heteroatoms. The molecule has 0 saturated heterocycles. The van der Waals surface area contributed by atoms with Crippen molar-refractivity contribution in [2.45, 2.75) is 6.54 Å². The quantitative estimate of drug-likeness (QED) is 0.799. The van der Waals surface area contributed by atoms with Crippen LogP contribution in [0.2, 0.25) is 5.02 Å². The molecular weight excluding hydrogens is 291 g/mol. The normalized spacial score (nSPS) is 10.6. The lowest BCUT2D eigenvalue weighted by atomic mass is 10.2. The first kappa shape index (κ1) is 13.6. The summed E-state index contributed by atoms with van der Waals surface area (Å²) in [5.74, 6) is -0.416. The number of para-hydroxylation sites is 2. The van der Waals surface area contributed by atoms with Gasteiger partial charge in [-0.3, -0.25) is 0 Å². The highest BCUT2D eigenvalue weighted by Crippen LogP contribution is 2.21. The van der Waals surface area contributed by atoms with Crippen LogP contribution < -0.4 is 5.32 Å². The van der Waals surface area contributed by atoms with Crippen molar-refractivity contribution in [1.29, 1.82) is 0 Å². The standard InChI is InChI=1S/C15H12ClFN4/c16-12-6-5-11(7-13(12)17)8-19-14-3-1-2-4-15(14)21-10-18-9-20-21/h1-7,9-10,19H,8H2. The Morgan fingerprint density at radius 1 is 1.19 bits per heavy atom. The first-order valence-electron chi connectivity index (χ1n) is 6.36. The van der Waals surface area contributed by atoms with Crippen LogP contribution in [0.3, 0.4) is 0 Å². The van der Waals surface area contributed by atoms with E-state index in [0.29, 0.717) is 6.54 Å². The fourth-order valence-corrected chi connectivity index (χ4v) is 2.12. The molecule has 3 rings (SSSR count). The molecule has 0 aliphatic carbocycles. The van der Waals surface area contributed by atoms with Gasteiger partial charge in [0.25, 0.3) is 0 Å². The van der Waals surface area contributed by atoms with Gasteiger partial charge in [-0.2, -0.15) is 5.10 Å². The van der Waals surface area contributed by atoms with Gasteiger partial charge in [0.2, 0.25) is 0 Å². The number of rotatable bonds is 4. The van der Waals surface area contributed by atoms with Crippen LogP contribution >= 0.6 is 11.6 Å². The summed E-state index contributed by atoms with van der Waals surface area (Å²) >= 11 is 5.68. The topological polar surface area (TPSA) is 42.7 Å². The molecule has 106 valence electrons. The van der Waals surface area contributed by atoms with E-state index in [1.165, 1.54) is 12.4 Å². The third-order valence-electron chi connectivity index (χ3n) is 3.04. The molecule has 0 fully saturated rings. The summed E-state index contributed by atoms with van der Waals surface area (Å²) in [6.45, 7) is 0.486. The predicted octanol–water partition coefficient (Wildman–Crippen LogP) is 3.67. The maximum Gasteiger partial charge on any atom is 0.142 e. The number of hydrogen-bond acceptors (Lipinski definition) is 3. The molecule has 2 aromatic carbocycles. The van der Waals surface area contributed by atoms with Crippen LogP contribution in [0, 0.1) is 5.82 Å². The molecule has 0 unspecified atom stereocenters. The second-order valence-electron chi connectivity index (χ2n) is 4.46. The zero-order chi connectivity index (χ0) is 14.7. The van der Waals surface area contributed by atoms with Crippen molar-refractivity contribution in [3.8, 4) is 5.69 Å². The van der Waals surface area contributed by atoms with E-state index in [2.05, 4.69) is 15.4 Å². The number of benzene rings is 2. The lowest BCUT2D eigenvalue weighted by Gasteiger charge is -2.11. The lowest BCUT2D eigenvalue weighted by molar-refractivity contribution is 0.626. The van der Waals surface area contributed by atoms with Gasteiger partial charge in [0, 0.05) is 6.54 Å². The maximum absolute atomic E-state index is 13.4. The van der Waals surface area contributed by atoms with E-state index >= 15 is 0 Å². The van der Waals surface area contributed by atoms with Crippen LogP contribution in [-0.2, 0) is 6.54 Å². The van der Waals surface area contributed by atoms with E-state index in [-0.39, 0.29) is 5.02 Å². The Kier molecular flexibility index (Phi) is 3.83. The van der Waals surface area contributed by atoms with Crippen molar-refractivity contribution in [3.63, 3.8) is 0 Å². The second kappa shape index (κ2) is 5.93. The Morgan fingerprint density at radius 3 is 2.81 bits per heavy atom. The van der Waals surface area contributed by atoms with E-state index in [1.807, 2.05) is 24.3 Å². The molecule has 0 amide bonds. The highest BCUT2D eigenvalue weighted by atomic mass is 35.5.